The normalized spacial score (nSPS) is 11.0. The van der Waals surface area contributed by atoms with E-state index in [1.807, 2.05) is 55.5 Å². The number of nitrogens with zero attached hydrogens (tertiary/aromatic N) is 2. The Balaban J connectivity index is 1.67. The Labute approximate surface area is 185 Å². The van der Waals surface area contributed by atoms with Crippen LogP contribution in [0.1, 0.15) is 27.0 Å². The maximum atomic E-state index is 12.9. The Morgan fingerprint density at radius 1 is 0.906 bits per heavy atom. The second-order valence-electron chi connectivity index (χ2n) is 7.44. The number of rotatable bonds is 6. The molecule has 0 aliphatic rings. The van der Waals surface area contributed by atoms with Crippen LogP contribution in [-0.2, 0) is 11.3 Å². The molecule has 0 atom stereocenters. The van der Waals surface area contributed by atoms with Crippen molar-refractivity contribution >= 4 is 29.0 Å². The average Bonchev–Trinajstić information content (AvgIpc) is 2.81. The summed E-state index contributed by atoms with van der Waals surface area (Å²) in [4.78, 5) is 32.5. The molecule has 0 bridgehead atoms. The van der Waals surface area contributed by atoms with Gasteiger partial charge in [-0.3, -0.25) is 14.8 Å². The van der Waals surface area contributed by atoms with Gasteiger partial charge in [-0.05, 0) is 65.6 Å². The number of amides is 1. The van der Waals surface area contributed by atoms with Crippen LogP contribution in [0.3, 0.4) is 0 Å². The third-order valence-electron chi connectivity index (χ3n) is 5.01. The van der Waals surface area contributed by atoms with Crippen LogP contribution in [0.5, 0.6) is 0 Å². The molecule has 1 aromatic heterocycles. The first kappa shape index (κ1) is 20.9. The van der Waals surface area contributed by atoms with Crippen LogP contribution < -0.4 is 5.32 Å². The number of carbonyl (C=O) groups is 2. The molecule has 0 saturated heterocycles. The number of carboxylic acid groups (broad SMARTS) is 1. The fourth-order valence-corrected chi connectivity index (χ4v) is 3.35. The van der Waals surface area contributed by atoms with Crippen molar-refractivity contribution < 1.29 is 14.7 Å². The van der Waals surface area contributed by atoms with Gasteiger partial charge in [0.25, 0.3) is 5.91 Å². The Bertz CT molecular complexity index is 1330. The third kappa shape index (κ3) is 5.05. The van der Waals surface area contributed by atoms with Crippen LogP contribution in [0.25, 0.3) is 28.2 Å². The minimum absolute atomic E-state index is 0.238. The topological polar surface area (TPSA) is 92.2 Å². The van der Waals surface area contributed by atoms with Gasteiger partial charge in [0.15, 0.2) is 0 Å². The maximum Gasteiger partial charge on any atom is 0.328 e. The SMILES string of the molecule is Cc1ccc(CNC(=O)c2cc(/C=C/C(=O)O)cc(-c3ccc4nccnc4c3)c2)cc1. The van der Waals surface area contributed by atoms with E-state index in [1.165, 1.54) is 6.08 Å². The molecule has 0 saturated carbocycles. The van der Waals surface area contributed by atoms with Gasteiger partial charge in [-0.2, -0.15) is 0 Å². The molecule has 1 amide bonds. The van der Waals surface area contributed by atoms with Gasteiger partial charge < -0.3 is 10.4 Å². The smallest absolute Gasteiger partial charge is 0.328 e. The first-order valence-electron chi connectivity index (χ1n) is 10.1. The van der Waals surface area contributed by atoms with E-state index in [0.29, 0.717) is 17.7 Å². The van der Waals surface area contributed by atoms with Crippen LogP contribution in [0, 0.1) is 6.92 Å². The van der Waals surface area contributed by atoms with Crippen LogP contribution >= 0.6 is 0 Å². The molecule has 0 fully saturated rings. The lowest BCUT2D eigenvalue weighted by Gasteiger charge is -2.10. The van der Waals surface area contributed by atoms with Crippen molar-refractivity contribution in [2.24, 2.45) is 0 Å². The standard InChI is InChI=1S/C26H21N3O3/c1-17-2-4-18(5-3-17)16-29-26(32)22-13-19(6-9-25(30)31)12-21(14-22)20-7-8-23-24(15-20)28-11-10-27-23/h2-15H,16H2,1H3,(H,29,32)(H,30,31)/b9-6+. The number of hydrogen-bond acceptors (Lipinski definition) is 4. The van der Waals surface area contributed by atoms with Crippen molar-refractivity contribution in [2.45, 2.75) is 13.5 Å². The quantitative estimate of drug-likeness (QED) is 0.441. The van der Waals surface area contributed by atoms with Gasteiger partial charge in [-0.25, -0.2) is 4.79 Å². The van der Waals surface area contributed by atoms with Crippen molar-refractivity contribution in [3.63, 3.8) is 0 Å². The van der Waals surface area contributed by atoms with E-state index in [9.17, 15) is 9.59 Å². The molecule has 4 aromatic rings. The lowest BCUT2D eigenvalue weighted by molar-refractivity contribution is -0.131. The highest BCUT2D eigenvalue weighted by atomic mass is 16.4. The van der Waals surface area contributed by atoms with Gasteiger partial charge in [0, 0.05) is 30.6 Å². The number of nitrogens with one attached hydrogen (secondary N) is 1. The largest absolute Gasteiger partial charge is 0.478 e. The van der Waals surface area contributed by atoms with E-state index in [0.717, 1.165) is 39.4 Å². The minimum Gasteiger partial charge on any atom is -0.478 e. The molecular weight excluding hydrogens is 402 g/mol. The minimum atomic E-state index is -1.05. The van der Waals surface area contributed by atoms with E-state index in [2.05, 4.69) is 15.3 Å². The van der Waals surface area contributed by atoms with Crippen molar-refractivity contribution in [1.29, 1.82) is 0 Å². The highest BCUT2D eigenvalue weighted by Crippen LogP contribution is 2.26. The van der Waals surface area contributed by atoms with Gasteiger partial charge >= 0.3 is 5.97 Å². The molecule has 158 valence electrons. The monoisotopic (exact) mass is 423 g/mol. The van der Waals surface area contributed by atoms with Gasteiger partial charge in [-0.1, -0.05) is 35.9 Å². The molecule has 4 rings (SSSR count). The molecule has 0 spiro atoms. The summed E-state index contributed by atoms with van der Waals surface area (Å²) in [6, 6.07) is 18.9. The van der Waals surface area contributed by atoms with Crippen molar-refractivity contribution in [3.05, 3.63) is 101 Å². The third-order valence-corrected chi connectivity index (χ3v) is 5.01. The number of aryl methyl sites for hydroxylation is 1. The number of hydrogen-bond donors (Lipinski definition) is 2. The van der Waals surface area contributed by atoms with E-state index < -0.39 is 5.97 Å². The number of carboxylic acids is 1. The van der Waals surface area contributed by atoms with E-state index in [4.69, 9.17) is 5.11 Å². The lowest BCUT2D eigenvalue weighted by atomic mass is 9.98. The van der Waals surface area contributed by atoms with Gasteiger partial charge in [0.1, 0.15) is 0 Å². The summed E-state index contributed by atoms with van der Waals surface area (Å²) in [6.45, 7) is 2.41. The van der Waals surface area contributed by atoms with E-state index >= 15 is 0 Å². The number of benzene rings is 3. The van der Waals surface area contributed by atoms with Gasteiger partial charge in [0.2, 0.25) is 0 Å². The highest BCUT2D eigenvalue weighted by molar-refractivity contribution is 5.97. The fraction of sp³-hybridized carbons (Fsp3) is 0.0769. The van der Waals surface area contributed by atoms with Crippen LogP contribution in [-0.4, -0.2) is 27.0 Å². The molecule has 0 aliphatic heterocycles. The first-order chi connectivity index (χ1) is 15.5. The summed E-state index contributed by atoms with van der Waals surface area (Å²) in [6.07, 6.45) is 5.79. The summed E-state index contributed by atoms with van der Waals surface area (Å²) < 4.78 is 0. The number of aromatic nitrogens is 2. The van der Waals surface area contributed by atoms with Crippen LogP contribution in [0.15, 0.2) is 79.1 Å². The zero-order valence-corrected chi connectivity index (χ0v) is 17.4. The highest BCUT2D eigenvalue weighted by Gasteiger charge is 2.11. The zero-order chi connectivity index (χ0) is 22.5. The number of fused-ring (bicyclic) bond motifs is 1. The molecule has 0 radical (unpaired) electrons. The lowest BCUT2D eigenvalue weighted by Crippen LogP contribution is -2.22. The van der Waals surface area contributed by atoms with Crippen LogP contribution in [0.4, 0.5) is 0 Å². The zero-order valence-electron chi connectivity index (χ0n) is 17.4. The molecule has 32 heavy (non-hydrogen) atoms. The molecular formula is C26H21N3O3. The number of carbonyl (C=O) groups excluding carboxylic acids is 1. The second-order valence-corrected chi connectivity index (χ2v) is 7.44. The summed E-state index contributed by atoms with van der Waals surface area (Å²) in [5.74, 6) is -1.29. The molecule has 3 aromatic carbocycles. The van der Waals surface area contributed by atoms with Crippen molar-refractivity contribution in [1.82, 2.24) is 15.3 Å². The number of aliphatic carboxylic acids is 1. The second kappa shape index (κ2) is 9.22. The van der Waals surface area contributed by atoms with Crippen molar-refractivity contribution in [3.8, 4) is 11.1 Å². The molecule has 6 nitrogen and oxygen atoms in total. The fourth-order valence-electron chi connectivity index (χ4n) is 3.35. The average molecular weight is 423 g/mol. The predicted molar refractivity (Wildman–Crippen MR) is 124 cm³/mol. The van der Waals surface area contributed by atoms with Crippen LogP contribution in [0.2, 0.25) is 0 Å². The Morgan fingerprint density at radius 2 is 1.66 bits per heavy atom. The predicted octanol–water partition coefficient (Wildman–Crippen LogP) is 4.63. The molecule has 0 aliphatic carbocycles. The Hall–Kier alpha value is -4.32. The van der Waals surface area contributed by atoms with E-state index in [-0.39, 0.29) is 5.91 Å². The summed E-state index contributed by atoms with van der Waals surface area (Å²) in [7, 11) is 0. The summed E-state index contributed by atoms with van der Waals surface area (Å²) in [5, 5.41) is 11.9. The Kier molecular flexibility index (Phi) is 6.03. The molecule has 1 heterocycles. The van der Waals surface area contributed by atoms with Crippen molar-refractivity contribution in [2.75, 3.05) is 0 Å². The van der Waals surface area contributed by atoms with Gasteiger partial charge in [0.05, 0.1) is 11.0 Å². The maximum absolute atomic E-state index is 12.9. The molecule has 0 unspecified atom stereocenters. The Morgan fingerprint density at radius 3 is 2.41 bits per heavy atom. The van der Waals surface area contributed by atoms with E-state index in [1.54, 1.807) is 24.5 Å². The van der Waals surface area contributed by atoms with Gasteiger partial charge in [-0.15, -0.1) is 0 Å². The first-order valence-corrected chi connectivity index (χ1v) is 10.1. The summed E-state index contributed by atoms with van der Waals surface area (Å²) in [5.41, 5.74) is 6.36. The molecule has 6 heteroatoms. The summed E-state index contributed by atoms with van der Waals surface area (Å²) >= 11 is 0. The molecule has 2 N–H and O–H groups in total.